The number of nitrogens with zero attached hydrogens (tertiary/aromatic N) is 15. The Balaban J connectivity index is 0.000000126. The van der Waals surface area contributed by atoms with Crippen molar-refractivity contribution in [3.8, 4) is 68.4 Å². The van der Waals surface area contributed by atoms with Gasteiger partial charge in [-0.3, -0.25) is 49.5 Å². The maximum absolute atomic E-state index is 13.1. The van der Waals surface area contributed by atoms with E-state index in [0.29, 0.717) is 130 Å². The maximum Gasteiger partial charge on any atom is 0.274 e. The lowest BCUT2D eigenvalue weighted by Crippen LogP contribution is -2.24. The molecule has 0 aliphatic rings. The fraction of sp³-hybridized carbons (Fsp3) is 0.186. The maximum atomic E-state index is 13.1. The molecule has 19 rings (SSSR count). The Labute approximate surface area is 754 Å². The Morgan fingerprint density at radius 2 is 0.634 bits per heavy atom. The Morgan fingerprint density at radius 1 is 0.336 bits per heavy atom. The molecule has 34 heteroatoms. The van der Waals surface area contributed by atoms with Crippen molar-refractivity contribution in [3.05, 3.63) is 368 Å². The number of aromatic amines is 5. The molecule has 0 saturated carbocycles. The molecule has 10 aromatic heterocycles. The molecule has 0 bridgehead atoms. The van der Waals surface area contributed by atoms with Crippen molar-refractivity contribution in [2.75, 3.05) is 35.5 Å². The van der Waals surface area contributed by atoms with Gasteiger partial charge in [0, 0.05) is 98.5 Å². The lowest BCUT2D eigenvalue weighted by atomic mass is 9.87. The number of ether oxygens (including phenoxy) is 2. The Hall–Kier alpha value is -16.3. The van der Waals surface area contributed by atoms with Crippen molar-refractivity contribution in [2.45, 2.75) is 106 Å². The van der Waals surface area contributed by atoms with Gasteiger partial charge in [-0.15, -0.1) is 0 Å². The van der Waals surface area contributed by atoms with E-state index >= 15 is 0 Å². The molecule has 131 heavy (non-hydrogen) atoms. The second-order valence-corrected chi connectivity index (χ2v) is 32.6. The van der Waals surface area contributed by atoms with Gasteiger partial charge >= 0.3 is 0 Å². The van der Waals surface area contributed by atoms with E-state index in [-0.39, 0.29) is 44.8 Å². The molecule has 19 aromatic rings. The number of rotatable bonds is 22. The van der Waals surface area contributed by atoms with Gasteiger partial charge in [-0.2, -0.15) is 47.5 Å². The highest BCUT2D eigenvalue weighted by Crippen LogP contribution is 2.28. The molecule has 0 amide bonds. The number of nitrogens with one attached hydrogen (secondary N) is 10. The number of H-pyrrole nitrogens is 5. The molecule has 0 fully saturated rings. The minimum absolute atomic E-state index is 0.0802. The second-order valence-electron chi connectivity index (χ2n) is 32.2. The van der Waals surface area contributed by atoms with Crippen LogP contribution in [-0.2, 0) is 38.1 Å². The van der Waals surface area contributed by atoms with Crippen LogP contribution >= 0.6 is 11.6 Å². The standard InChI is InChI=1S/C22H22ClN5O.2C20H19N5O2.C19H16FN5O.C16H19N5O/c1-22(2,3)15-6-4-14(5-7-15)20-26-21-25-18(12-19(29)28(21)27-20)13-24-17-10-8-16(23)9-11-17;1-13-3-5-14(6-4-13)19-23-20-22-16(11-18(26)25(20)24-19)12-21-15-7-9-17(27-2)10-8-15;1-13-4-3-5-14(10-13)19-23-20-22-16(11-18(26)25(20)24-19)12-21-15-6-8-17(27-2)9-7-15;1-12-3-2-4-15(9-12)21-11-16-10-17(26)25-19(22-16)23-18(24-25)13-5-7-14(20)8-6-13;1-10(2)17-9-13-8-14(22)21-16(18-13)19-15(20-21)12-6-4-5-11(3)7-12/h4-12,24H,13H2,1-3H3,(H,25,26,27);2*3-11,21H,12H2,1-2H3,(H,22,23,24);2-10,21H,11H2,1H3,(H,22,23,24);4-8,10,17H,9H2,1-3H3,(H,18,19,20). The number of aromatic nitrogens is 20. The third-order valence-corrected chi connectivity index (χ3v) is 20.8. The van der Waals surface area contributed by atoms with Gasteiger partial charge in [0.25, 0.3) is 56.7 Å². The fourth-order valence-electron chi connectivity index (χ4n) is 13.6. The molecule has 0 spiro atoms. The molecule has 0 unspecified atom stereocenters. The fourth-order valence-corrected chi connectivity index (χ4v) is 13.7. The van der Waals surface area contributed by atoms with E-state index in [4.69, 9.17) is 21.1 Å². The van der Waals surface area contributed by atoms with Crippen LogP contribution in [0.3, 0.4) is 0 Å². The van der Waals surface area contributed by atoms with Crippen LogP contribution in [0, 0.1) is 33.5 Å². The van der Waals surface area contributed by atoms with E-state index in [1.807, 2.05) is 198 Å². The van der Waals surface area contributed by atoms with Gasteiger partial charge < -0.3 is 36.1 Å². The molecule has 0 atom stereocenters. The first-order chi connectivity index (χ1) is 63.1. The molecule has 0 radical (unpaired) electrons. The SMILES string of the molecule is CC(C)(C)c1ccc(-c2nc3nc(CNc4ccc(Cl)cc4)cc(=O)n3[nH]2)cc1.COc1ccc(NCc2cc(=O)n3[nH]c(-c4ccc(C)cc4)nc3n2)cc1.COc1ccc(NCc2cc(=O)n3[nH]c(-c4cccc(C)c4)nc3n2)cc1.Cc1cccc(-c2nc3nc(CNC(C)C)cc(=O)n3[nH]2)c1.Cc1cccc(NCc2cc(=O)n3[nH]c(-c4ccc(F)cc4)nc3n2)c1. The third-order valence-electron chi connectivity index (χ3n) is 20.6. The van der Waals surface area contributed by atoms with E-state index in [0.717, 1.165) is 78.8 Å². The molecule has 0 aliphatic carbocycles. The van der Waals surface area contributed by atoms with Gasteiger partial charge in [0.2, 0.25) is 0 Å². The summed E-state index contributed by atoms with van der Waals surface area (Å²) in [6.45, 7) is 20.9. The van der Waals surface area contributed by atoms with Gasteiger partial charge in [-0.05, 0) is 166 Å². The van der Waals surface area contributed by atoms with Gasteiger partial charge in [0.05, 0.1) is 68.9 Å². The van der Waals surface area contributed by atoms with Crippen molar-refractivity contribution in [1.82, 2.24) is 103 Å². The zero-order chi connectivity index (χ0) is 92.0. The quantitative estimate of drug-likeness (QED) is 0.0301. The molecule has 10 heterocycles. The Bertz CT molecular complexity index is 7540. The Kier molecular flexibility index (Phi) is 27.4. The van der Waals surface area contributed by atoms with E-state index in [1.54, 1.807) is 38.5 Å². The molecule has 9 aromatic carbocycles. The minimum atomic E-state index is -0.329. The predicted molar refractivity (Wildman–Crippen MR) is 508 cm³/mol. The van der Waals surface area contributed by atoms with Crippen molar-refractivity contribution >= 4 is 63.2 Å². The van der Waals surface area contributed by atoms with Crippen LogP contribution in [-0.4, -0.2) is 118 Å². The molecule has 0 saturated heterocycles. The smallest absolute Gasteiger partial charge is 0.274 e. The first-order valence-electron chi connectivity index (χ1n) is 42.0. The molecule has 32 nitrogen and oxygen atoms in total. The minimum Gasteiger partial charge on any atom is -0.497 e. The average Bonchev–Trinajstić information content (AvgIpc) is 1.67. The van der Waals surface area contributed by atoms with Crippen LogP contribution in [0.5, 0.6) is 11.5 Å². The first-order valence-corrected chi connectivity index (χ1v) is 42.3. The summed E-state index contributed by atoms with van der Waals surface area (Å²) in [7, 11) is 3.26. The van der Waals surface area contributed by atoms with Crippen LogP contribution < -0.4 is 63.9 Å². The normalized spacial score (nSPS) is 11.2. The summed E-state index contributed by atoms with van der Waals surface area (Å²) < 4.78 is 30.1. The second kappa shape index (κ2) is 40.1. The predicted octanol–water partition coefficient (Wildman–Crippen LogP) is 15.7. The summed E-state index contributed by atoms with van der Waals surface area (Å²) in [6.07, 6.45) is 0. The summed E-state index contributed by atoms with van der Waals surface area (Å²) in [4.78, 5) is 106. The third kappa shape index (κ3) is 22.9. The number of halogens is 2. The highest BCUT2D eigenvalue weighted by atomic mass is 35.5. The summed E-state index contributed by atoms with van der Waals surface area (Å²) in [6, 6.07) is 76.1. The van der Waals surface area contributed by atoms with Crippen LogP contribution in [0.4, 0.5) is 27.1 Å². The molecule has 0 aliphatic heterocycles. The molecule has 664 valence electrons. The van der Waals surface area contributed by atoms with Crippen molar-refractivity contribution in [2.24, 2.45) is 0 Å². The zero-order valence-electron chi connectivity index (χ0n) is 73.6. The van der Waals surface area contributed by atoms with Crippen molar-refractivity contribution in [3.63, 3.8) is 0 Å². The number of methoxy groups -OCH3 is 2. The van der Waals surface area contributed by atoms with E-state index < -0.39 is 0 Å². The van der Waals surface area contributed by atoms with Gasteiger partial charge in [0.1, 0.15) is 17.3 Å². The Morgan fingerprint density at radius 3 is 0.954 bits per heavy atom. The van der Waals surface area contributed by atoms with Gasteiger partial charge in [-0.25, -0.2) is 29.3 Å². The van der Waals surface area contributed by atoms with Crippen LogP contribution in [0.2, 0.25) is 5.02 Å². The van der Waals surface area contributed by atoms with Gasteiger partial charge in [0.15, 0.2) is 29.1 Å². The lowest BCUT2D eigenvalue weighted by molar-refractivity contribution is 0.415. The highest BCUT2D eigenvalue weighted by molar-refractivity contribution is 6.30. The summed E-state index contributed by atoms with van der Waals surface area (Å²) in [5.74, 6) is 5.90. The lowest BCUT2D eigenvalue weighted by Gasteiger charge is -2.18. The van der Waals surface area contributed by atoms with Gasteiger partial charge in [-0.1, -0.05) is 160 Å². The largest absolute Gasteiger partial charge is 0.497 e. The summed E-state index contributed by atoms with van der Waals surface area (Å²) >= 11 is 5.90. The number of hydrogen-bond donors (Lipinski definition) is 10. The number of anilines is 4. The van der Waals surface area contributed by atoms with E-state index in [1.165, 1.54) is 70.6 Å². The average molecular weight is 1780 g/mol. The molecular formula is C97H95ClFN25O7. The van der Waals surface area contributed by atoms with Crippen LogP contribution in [0.15, 0.2) is 273 Å². The summed E-state index contributed by atoms with van der Waals surface area (Å²) in [5, 5.41) is 31.9. The van der Waals surface area contributed by atoms with Crippen LogP contribution in [0.1, 0.15) is 90.9 Å². The van der Waals surface area contributed by atoms with E-state index in [2.05, 4.69) is 149 Å². The highest BCUT2D eigenvalue weighted by Gasteiger charge is 2.19. The topological polar surface area (TPSA) is 394 Å². The molecule has 10 N–H and O–H groups in total. The monoisotopic (exact) mass is 1780 g/mol. The summed E-state index contributed by atoms with van der Waals surface area (Å²) in [5.41, 5.74) is 16.1. The number of aryl methyl sites for hydroxylation is 4. The number of benzene rings is 9. The zero-order valence-corrected chi connectivity index (χ0v) is 74.4. The van der Waals surface area contributed by atoms with Crippen molar-refractivity contribution in [1.29, 1.82) is 0 Å². The first kappa shape index (κ1) is 89.5. The number of hydrogen-bond acceptors (Lipinski definition) is 22. The number of fused-ring (bicyclic) bond motifs is 5. The van der Waals surface area contributed by atoms with E-state index in [9.17, 15) is 28.4 Å². The van der Waals surface area contributed by atoms with Crippen molar-refractivity contribution < 1.29 is 13.9 Å². The van der Waals surface area contributed by atoms with Crippen LogP contribution in [0.25, 0.3) is 85.8 Å². The molecular weight excluding hydrogens is 1680 g/mol.